The number of halogens is 3. The Morgan fingerprint density at radius 1 is 1.32 bits per heavy atom. The van der Waals surface area contributed by atoms with Crippen molar-refractivity contribution in [3.63, 3.8) is 0 Å². The molecule has 1 heterocycles. The molecule has 0 radical (unpaired) electrons. The molecule has 1 aromatic heterocycles. The summed E-state index contributed by atoms with van der Waals surface area (Å²) in [5.41, 5.74) is 3.33. The fourth-order valence-corrected chi connectivity index (χ4v) is 2.54. The van der Waals surface area contributed by atoms with Crippen molar-refractivity contribution in [2.75, 3.05) is 6.54 Å². The second-order valence-corrected chi connectivity index (χ2v) is 6.25. The van der Waals surface area contributed by atoms with E-state index in [9.17, 15) is 21.6 Å². The van der Waals surface area contributed by atoms with Crippen molar-refractivity contribution in [1.82, 2.24) is 9.71 Å². The predicted octanol–water partition coefficient (Wildman–Crippen LogP) is 1.12. The Morgan fingerprint density at radius 2 is 1.89 bits per heavy atom. The number of nitrogens with two attached hydrogens (primary N) is 1. The van der Waals surface area contributed by atoms with Crippen molar-refractivity contribution in [2.45, 2.75) is 30.5 Å². The third-order valence-corrected chi connectivity index (χ3v) is 3.94. The molecule has 108 valence electrons. The fraction of sp³-hybridized carbons (Fsp3) is 0.500. The number of aromatic nitrogens is 1. The van der Waals surface area contributed by atoms with Gasteiger partial charge in [-0.3, -0.25) is 4.98 Å². The van der Waals surface area contributed by atoms with Crippen molar-refractivity contribution < 1.29 is 21.6 Å². The Kier molecular flexibility index (Phi) is 4.23. The Morgan fingerprint density at radius 3 is 2.26 bits per heavy atom. The average Bonchev–Trinajstić information content (AvgIpc) is 2.27. The van der Waals surface area contributed by atoms with Crippen molar-refractivity contribution in [2.24, 2.45) is 5.73 Å². The molecule has 1 aromatic rings. The molecule has 0 aromatic carbocycles. The highest BCUT2D eigenvalue weighted by molar-refractivity contribution is 7.89. The molecular formula is C10H14F3N3O2S. The molecule has 19 heavy (non-hydrogen) atoms. The summed E-state index contributed by atoms with van der Waals surface area (Å²) < 4.78 is 62.9. The molecule has 0 bridgehead atoms. The van der Waals surface area contributed by atoms with Gasteiger partial charge >= 0.3 is 6.18 Å². The summed E-state index contributed by atoms with van der Waals surface area (Å²) in [4.78, 5) is 2.75. The van der Waals surface area contributed by atoms with Crippen LogP contribution < -0.4 is 10.5 Å². The molecule has 0 amide bonds. The summed E-state index contributed by atoms with van der Waals surface area (Å²) in [6.07, 6.45) is -3.94. The van der Waals surface area contributed by atoms with Crippen LogP contribution in [0.5, 0.6) is 0 Å². The fourth-order valence-electron chi connectivity index (χ4n) is 1.17. The first-order valence-corrected chi connectivity index (χ1v) is 6.73. The Bertz CT molecular complexity index is 538. The van der Waals surface area contributed by atoms with E-state index < -0.39 is 27.4 Å². The van der Waals surface area contributed by atoms with Crippen LogP contribution in [-0.4, -0.2) is 25.5 Å². The molecule has 0 saturated carbocycles. The quantitative estimate of drug-likeness (QED) is 0.872. The highest BCUT2D eigenvalue weighted by atomic mass is 32.2. The second kappa shape index (κ2) is 5.06. The zero-order valence-corrected chi connectivity index (χ0v) is 11.1. The van der Waals surface area contributed by atoms with Crippen molar-refractivity contribution in [3.05, 3.63) is 24.0 Å². The van der Waals surface area contributed by atoms with Crippen molar-refractivity contribution in [1.29, 1.82) is 0 Å². The molecule has 0 atom stereocenters. The minimum Gasteiger partial charge on any atom is -0.329 e. The van der Waals surface area contributed by atoms with E-state index in [1.165, 1.54) is 0 Å². The summed E-state index contributed by atoms with van der Waals surface area (Å²) in [6.45, 7) is 3.16. The van der Waals surface area contributed by atoms with Gasteiger partial charge in [-0.25, -0.2) is 13.1 Å². The molecule has 5 nitrogen and oxygen atoms in total. The van der Waals surface area contributed by atoms with Crippen LogP contribution in [0.2, 0.25) is 0 Å². The Balaban J connectivity index is 3.04. The van der Waals surface area contributed by atoms with E-state index in [-0.39, 0.29) is 11.4 Å². The van der Waals surface area contributed by atoms with E-state index in [1.54, 1.807) is 13.8 Å². The Labute approximate surface area is 109 Å². The highest BCUT2D eigenvalue weighted by Crippen LogP contribution is 2.27. The lowest BCUT2D eigenvalue weighted by atomic mass is 10.1. The first-order valence-electron chi connectivity index (χ1n) is 5.25. The van der Waals surface area contributed by atoms with Crippen LogP contribution in [0.4, 0.5) is 13.2 Å². The van der Waals surface area contributed by atoms with Gasteiger partial charge in [0.15, 0.2) is 0 Å². The summed E-state index contributed by atoms with van der Waals surface area (Å²) in [5, 5.41) is 0. The number of rotatable bonds is 4. The van der Waals surface area contributed by atoms with E-state index in [1.807, 2.05) is 0 Å². The molecule has 0 unspecified atom stereocenters. The molecule has 0 aliphatic heterocycles. The van der Waals surface area contributed by atoms with E-state index in [4.69, 9.17) is 5.73 Å². The molecule has 1 rings (SSSR count). The maximum absolute atomic E-state index is 12.3. The van der Waals surface area contributed by atoms with Gasteiger partial charge < -0.3 is 5.73 Å². The van der Waals surface area contributed by atoms with E-state index >= 15 is 0 Å². The van der Waals surface area contributed by atoms with Gasteiger partial charge in [-0.2, -0.15) is 13.2 Å². The predicted molar refractivity (Wildman–Crippen MR) is 62.7 cm³/mol. The monoisotopic (exact) mass is 297 g/mol. The van der Waals surface area contributed by atoms with Gasteiger partial charge in [0.1, 0.15) is 10.6 Å². The van der Waals surface area contributed by atoms with E-state index in [2.05, 4.69) is 9.71 Å². The summed E-state index contributed by atoms with van der Waals surface area (Å²) in [5.74, 6) is 0. The van der Waals surface area contributed by atoms with Crippen LogP contribution in [0.15, 0.2) is 23.2 Å². The molecule has 0 fully saturated rings. The highest BCUT2D eigenvalue weighted by Gasteiger charge is 2.33. The minimum absolute atomic E-state index is 0.0420. The topological polar surface area (TPSA) is 85.1 Å². The summed E-state index contributed by atoms with van der Waals surface area (Å²) >= 11 is 0. The summed E-state index contributed by atoms with van der Waals surface area (Å²) in [7, 11) is -3.95. The van der Waals surface area contributed by atoms with Crippen molar-refractivity contribution >= 4 is 10.0 Å². The van der Waals surface area contributed by atoms with Gasteiger partial charge in [0.25, 0.3) is 0 Å². The SMILES string of the molecule is CC(C)(CN)NS(=O)(=O)c1ccc(C(F)(F)F)nc1. The molecular weight excluding hydrogens is 283 g/mol. The molecule has 3 N–H and O–H groups in total. The lowest BCUT2D eigenvalue weighted by Crippen LogP contribution is -2.48. The van der Waals surface area contributed by atoms with Gasteiger partial charge in [-0.05, 0) is 26.0 Å². The standard InChI is InChI=1S/C10H14F3N3O2S/c1-9(2,6-14)16-19(17,18)7-3-4-8(15-5-7)10(11,12)13/h3-5,16H,6,14H2,1-2H3. The number of hydrogen-bond donors (Lipinski definition) is 2. The van der Waals surface area contributed by atoms with Crippen LogP contribution in [0.25, 0.3) is 0 Å². The number of alkyl halides is 3. The first kappa shape index (κ1) is 15.9. The van der Waals surface area contributed by atoms with E-state index in [0.29, 0.717) is 12.3 Å². The Hall–Kier alpha value is -1.19. The maximum Gasteiger partial charge on any atom is 0.433 e. The number of nitrogens with one attached hydrogen (secondary N) is 1. The molecule has 0 spiro atoms. The first-order chi connectivity index (χ1) is 8.48. The summed E-state index contributed by atoms with van der Waals surface area (Å²) in [6, 6.07) is 1.47. The van der Waals surface area contributed by atoms with Crippen LogP contribution in [0.3, 0.4) is 0 Å². The van der Waals surface area contributed by atoms with Crippen LogP contribution >= 0.6 is 0 Å². The smallest absolute Gasteiger partial charge is 0.329 e. The van der Waals surface area contributed by atoms with E-state index in [0.717, 1.165) is 6.07 Å². The minimum atomic E-state index is -4.60. The molecule has 9 heteroatoms. The van der Waals surface area contributed by atoms with Crippen LogP contribution in [0, 0.1) is 0 Å². The number of nitrogens with zero attached hydrogens (tertiary/aromatic N) is 1. The molecule has 0 saturated heterocycles. The molecule has 0 aliphatic rings. The van der Waals surface area contributed by atoms with Gasteiger partial charge in [0.2, 0.25) is 10.0 Å². The largest absolute Gasteiger partial charge is 0.433 e. The van der Waals surface area contributed by atoms with Gasteiger partial charge in [-0.15, -0.1) is 0 Å². The number of hydrogen-bond acceptors (Lipinski definition) is 4. The lowest BCUT2D eigenvalue weighted by Gasteiger charge is -2.23. The maximum atomic E-state index is 12.3. The van der Waals surface area contributed by atoms with Gasteiger partial charge in [0.05, 0.1) is 0 Å². The number of pyridine rings is 1. The lowest BCUT2D eigenvalue weighted by molar-refractivity contribution is -0.141. The zero-order chi connectivity index (χ0) is 14.9. The number of sulfonamides is 1. The van der Waals surface area contributed by atoms with Crippen LogP contribution in [0.1, 0.15) is 19.5 Å². The molecule has 0 aliphatic carbocycles. The normalized spacial score (nSPS) is 13.6. The average molecular weight is 297 g/mol. The van der Waals surface area contributed by atoms with Gasteiger partial charge in [0, 0.05) is 18.3 Å². The van der Waals surface area contributed by atoms with Crippen LogP contribution in [-0.2, 0) is 16.2 Å². The zero-order valence-electron chi connectivity index (χ0n) is 10.3. The van der Waals surface area contributed by atoms with Crippen molar-refractivity contribution in [3.8, 4) is 0 Å². The van der Waals surface area contributed by atoms with Gasteiger partial charge in [-0.1, -0.05) is 0 Å². The third kappa shape index (κ3) is 4.15. The second-order valence-electron chi connectivity index (χ2n) is 4.57. The third-order valence-electron chi connectivity index (χ3n) is 2.26.